The Kier molecular flexibility index (Phi) is 26.6. The molecule has 48 nitrogen and oxygen atoms in total. The number of nitrogen functional groups attached to an aromatic ring is 3. The van der Waals surface area contributed by atoms with Gasteiger partial charge in [-0.25, -0.2) is 76.4 Å². The zero-order valence-corrected chi connectivity index (χ0v) is 70.5. The fourth-order valence-corrected chi connectivity index (χ4v) is 23.7. The summed E-state index contributed by atoms with van der Waals surface area (Å²) in [5, 5.41) is 3.30. The molecule has 5 fully saturated rings. The lowest BCUT2D eigenvalue weighted by atomic mass is 10.3. The Morgan fingerprint density at radius 2 is 0.861 bits per heavy atom. The zero-order valence-electron chi connectivity index (χ0n) is 66.0. The molecular formula is C62H100N27O21P5. The van der Waals surface area contributed by atoms with Crippen LogP contribution in [0.15, 0.2) is 72.4 Å². The number of aromatic amines is 3. The molecule has 0 aliphatic carbocycles. The molecule has 53 heteroatoms. The van der Waals surface area contributed by atoms with Crippen LogP contribution in [0.1, 0.15) is 56.1 Å². The molecule has 15 atom stereocenters. The van der Waals surface area contributed by atoms with Crippen LogP contribution in [0.2, 0.25) is 0 Å². The van der Waals surface area contributed by atoms with Crippen LogP contribution < -0.4 is 56.3 Å². The number of aryl methyl sites for hydroxylation is 2. The standard InChI is InChI=1S/C62H100N27O21P5/c1-37(2)111(96,76(5)6)101-30-41-21-82(26-48(108-41)86-19-38(3)56(90)74-61(86)94)114(99,79(11)12)103-31-42-22-81(25-47(107-42)85-16-15-45(63)71-60(85)93)113(98,78(9)10)104-32-43-23-83(27-49(109-43)87-20-39(4)57(91)75-62(87)95)115(100,80(13)14)105-33-44-24-84(28-50(110-44)89-35-69-51-53(64)67-34-68-54(51)89)112(97,77(7)8)102-29-40-17-66-18-46(106-40)88-36-70-52-55(88)72-59(65)73-58(52)92/h15-16,19-20,34-37,40-44,46-50,66H,17-18,21-33H2,1-14H3,(H2,63,71,93)(H2,64,67,68)(H,74,90,94)(H,75,91,95)(H3,65,72,73,92). The van der Waals surface area contributed by atoms with Gasteiger partial charge in [-0.2, -0.15) is 9.97 Å². The van der Waals surface area contributed by atoms with Gasteiger partial charge in [0.2, 0.25) is 5.95 Å². The number of nitrogens with zero attached hydrogens (tertiary/aromatic N) is 20. The normalized spacial score (nSPS) is 26.1. The van der Waals surface area contributed by atoms with Gasteiger partial charge in [0.15, 0.2) is 41.3 Å². The number of anilines is 3. The number of morpholine rings is 5. The van der Waals surface area contributed by atoms with Crippen LogP contribution in [0.25, 0.3) is 22.3 Å². The predicted molar refractivity (Wildman–Crippen MR) is 417 cm³/mol. The number of hydrogen-bond acceptors (Lipinski definition) is 31. The molecule has 0 spiro atoms. The third kappa shape index (κ3) is 18.2. The van der Waals surface area contributed by atoms with Gasteiger partial charge in [0, 0.05) is 74.6 Å². The Bertz CT molecular complexity index is 5310. The summed E-state index contributed by atoms with van der Waals surface area (Å²) < 4.78 is 163. The van der Waals surface area contributed by atoms with Gasteiger partial charge < -0.3 is 68.8 Å². The molecule has 0 bridgehead atoms. The molecule has 0 saturated carbocycles. The van der Waals surface area contributed by atoms with Crippen LogP contribution in [0.5, 0.6) is 0 Å². The largest absolute Gasteiger partial charge is 0.383 e. The number of aromatic nitrogens is 14. The third-order valence-electron chi connectivity index (χ3n) is 19.9. The summed E-state index contributed by atoms with van der Waals surface area (Å²) in [5.41, 5.74) is 14.3. The minimum atomic E-state index is -4.47. The molecule has 7 aromatic heterocycles. The van der Waals surface area contributed by atoms with Crippen molar-refractivity contribution in [2.75, 3.05) is 186 Å². The van der Waals surface area contributed by atoms with Gasteiger partial charge in [-0.3, -0.25) is 75.0 Å². The number of ether oxygens (including phenoxy) is 5. The molecular weight excluding hydrogens is 1610 g/mol. The Hall–Kier alpha value is -7.11. The van der Waals surface area contributed by atoms with Crippen molar-refractivity contribution in [2.45, 2.75) is 95.0 Å². The highest BCUT2D eigenvalue weighted by Crippen LogP contribution is 2.60. The van der Waals surface area contributed by atoms with Crippen LogP contribution in [0.3, 0.4) is 0 Å². The molecule has 0 radical (unpaired) electrons. The fourth-order valence-electron chi connectivity index (χ4n) is 13.9. The molecule has 15 unspecified atom stereocenters. The van der Waals surface area contributed by atoms with Gasteiger partial charge in [0.1, 0.15) is 30.1 Å². The van der Waals surface area contributed by atoms with Crippen molar-refractivity contribution < 1.29 is 69.1 Å². The lowest BCUT2D eigenvalue weighted by Gasteiger charge is -2.46. The van der Waals surface area contributed by atoms with Gasteiger partial charge >= 0.3 is 47.8 Å². The van der Waals surface area contributed by atoms with Crippen molar-refractivity contribution in [2.24, 2.45) is 0 Å². The number of nitrogens with one attached hydrogen (secondary N) is 4. The summed E-state index contributed by atoms with van der Waals surface area (Å²) in [6, 6.07) is 1.36. The summed E-state index contributed by atoms with van der Waals surface area (Å²) in [4.78, 5) is 112. The average molecular weight is 1710 g/mol. The first kappa shape index (κ1) is 87.2. The number of rotatable bonds is 30. The first-order valence-corrected chi connectivity index (χ1v) is 44.3. The first-order chi connectivity index (χ1) is 54.2. The zero-order chi connectivity index (χ0) is 83.3. The second kappa shape index (κ2) is 35.1. The molecule has 12 heterocycles. The van der Waals surface area contributed by atoms with E-state index in [4.69, 9.17) is 63.5 Å². The van der Waals surface area contributed by atoms with Crippen molar-refractivity contribution in [1.29, 1.82) is 0 Å². The number of nitrogens with two attached hydrogens (primary N) is 3. The SMILES string of the molecule is Cc1cn(C2CN(P(=O)(OCC3CN(P(=O)(OCC4CN(P(=O)(OCC5CN(P(=O)(OCC6CNCC(n7cnc8c(=O)[nH]c(N)nc87)O6)N(C)C)CC(n6cnc7c(N)ncnc76)O5)N(C)C)CC(n5cc(C)c(=O)[nH]c5=O)O4)N(C)C)CC(n4ccc(N)nc4=O)O3)N(C)C)CC(COP(=O)(C(C)C)N(C)C)O2)c(=O)[nH]c1=O. The highest BCUT2D eigenvalue weighted by Gasteiger charge is 2.51. The molecule has 634 valence electrons. The average Bonchev–Trinajstić information content (AvgIpc) is 1.75. The smallest absolute Gasteiger partial charge is 0.351 e. The summed E-state index contributed by atoms with van der Waals surface area (Å²) in [6.07, 6.45) is -3.02. The van der Waals surface area contributed by atoms with E-state index in [1.165, 1.54) is 137 Å². The molecule has 12 rings (SSSR count). The lowest BCUT2D eigenvalue weighted by Crippen LogP contribution is -2.52. The van der Waals surface area contributed by atoms with Crippen molar-refractivity contribution in [1.82, 2.24) is 115 Å². The van der Waals surface area contributed by atoms with Gasteiger partial charge in [-0.05, 0) is 90.4 Å². The highest BCUT2D eigenvalue weighted by atomic mass is 31.2. The maximum absolute atomic E-state index is 16.3. The number of imidazole rings is 2. The topological polar surface area (TPSA) is 549 Å². The number of hydrogen-bond donors (Lipinski definition) is 7. The van der Waals surface area contributed by atoms with E-state index in [0.717, 1.165) is 13.7 Å². The van der Waals surface area contributed by atoms with Gasteiger partial charge in [0.25, 0.3) is 24.2 Å². The molecule has 7 aromatic rings. The second-order valence-electron chi connectivity index (χ2n) is 29.4. The van der Waals surface area contributed by atoms with Gasteiger partial charge in [0.05, 0.1) is 102 Å². The maximum atomic E-state index is 16.3. The van der Waals surface area contributed by atoms with Gasteiger partial charge in [-0.15, -0.1) is 0 Å². The van der Waals surface area contributed by atoms with E-state index < -0.39 is 159 Å². The van der Waals surface area contributed by atoms with Crippen molar-refractivity contribution in [3.05, 3.63) is 117 Å². The molecule has 115 heavy (non-hydrogen) atoms. The Balaban J connectivity index is 0.813. The minimum absolute atomic E-state index is 0.0461. The molecule has 5 aliphatic rings. The van der Waals surface area contributed by atoms with Gasteiger partial charge in [-0.1, -0.05) is 13.8 Å². The Morgan fingerprint density at radius 3 is 1.29 bits per heavy atom. The molecule has 10 N–H and O–H groups in total. The Labute approximate surface area is 658 Å². The number of H-pyrrole nitrogens is 3. The maximum Gasteiger partial charge on any atom is 0.351 e. The lowest BCUT2D eigenvalue weighted by molar-refractivity contribution is -0.132. The van der Waals surface area contributed by atoms with Crippen LogP contribution in [0.4, 0.5) is 17.6 Å². The van der Waals surface area contributed by atoms with Crippen LogP contribution in [-0.2, 0) is 69.1 Å². The quantitative estimate of drug-likeness (QED) is 0.0289. The van der Waals surface area contributed by atoms with E-state index in [1.807, 2.05) is 0 Å². The molecule has 5 aliphatic heterocycles. The van der Waals surface area contributed by atoms with Crippen molar-refractivity contribution in [3.8, 4) is 0 Å². The van der Waals surface area contributed by atoms with E-state index >= 15 is 18.3 Å². The molecule has 0 aromatic carbocycles. The summed E-state index contributed by atoms with van der Waals surface area (Å²) in [7, 11) is -5.51. The predicted octanol–water partition coefficient (Wildman–Crippen LogP) is -0.110. The summed E-state index contributed by atoms with van der Waals surface area (Å²) >= 11 is 0. The van der Waals surface area contributed by atoms with E-state index in [1.54, 1.807) is 55.8 Å². The molecule has 0 amide bonds. The van der Waals surface area contributed by atoms with Crippen LogP contribution in [0, 0.1) is 13.8 Å². The minimum Gasteiger partial charge on any atom is -0.383 e. The molecule has 5 saturated heterocycles. The van der Waals surface area contributed by atoms with Crippen LogP contribution in [-0.4, -0.2) is 315 Å². The highest BCUT2D eigenvalue weighted by molar-refractivity contribution is 7.57. The van der Waals surface area contributed by atoms with Crippen molar-refractivity contribution in [3.63, 3.8) is 0 Å². The summed E-state index contributed by atoms with van der Waals surface area (Å²) in [5.74, 6) is -0.162. The fraction of sp³-hybridized carbons (Fsp3) is 0.645. The Morgan fingerprint density at radius 1 is 0.461 bits per heavy atom. The monoisotopic (exact) mass is 1710 g/mol. The number of fused-ring (bicyclic) bond motifs is 2. The third-order valence-corrected chi connectivity index (χ3v) is 33.0. The van der Waals surface area contributed by atoms with E-state index in [0.29, 0.717) is 0 Å². The van der Waals surface area contributed by atoms with E-state index in [2.05, 4.69) is 50.2 Å². The summed E-state index contributed by atoms with van der Waals surface area (Å²) in [6.45, 7) is 2.83. The van der Waals surface area contributed by atoms with E-state index in [-0.39, 0.29) is 130 Å². The van der Waals surface area contributed by atoms with E-state index in [9.17, 15) is 33.3 Å². The van der Waals surface area contributed by atoms with Crippen LogP contribution >= 0.6 is 38.2 Å². The second-order valence-corrected chi connectivity index (χ2v) is 43.0. The first-order valence-electron chi connectivity index (χ1n) is 36.5. The van der Waals surface area contributed by atoms with Crippen molar-refractivity contribution >= 4 is 78.1 Å².